The minimum absolute atomic E-state index is 0.491. The van der Waals surface area contributed by atoms with Crippen molar-refractivity contribution in [2.75, 3.05) is 5.32 Å². The Labute approximate surface area is 115 Å². The van der Waals surface area contributed by atoms with Crippen LogP contribution >= 0.6 is 0 Å². The maximum Gasteiger partial charge on any atom is 0.417 e. The molecule has 98 valence electrons. The number of rotatable bonds is 2. The van der Waals surface area contributed by atoms with Crippen molar-refractivity contribution in [3.8, 4) is 5.75 Å². The molecule has 3 aromatic rings. The van der Waals surface area contributed by atoms with Gasteiger partial charge in [-0.25, -0.2) is 4.79 Å². The van der Waals surface area contributed by atoms with Gasteiger partial charge in [0.2, 0.25) is 0 Å². The van der Waals surface area contributed by atoms with E-state index in [0.717, 1.165) is 5.52 Å². The summed E-state index contributed by atoms with van der Waals surface area (Å²) in [6.07, 6.45) is 2.69. The van der Waals surface area contributed by atoms with Crippen molar-refractivity contribution in [3.05, 3.63) is 60.9 Å². The molecule has 0 aliphatic rings. The third-order valence-electron chi connectivity index (χ3n) is 2.67. The molecule has 0 saturated heterocycles. The van der Waals surface area contributed by atoms with E-state index in [1.165, 1.54) is 0 Å². The van der Waals surface area contributed by atoms with Crippen LogP contribution in [0.25, 0.3) is 11.0 Å². The summed E-state index contributed by atoms with van der Waals surface area (Å²) in [5, 5.41) is 2.65. The van der Waals surface area contributed by atoms with Gasteiger partial charge in [-0.2, -0.15) is 0 Å². The van der Waals surface area contributed by atoms with Gasteiger partial charge in [-0.15, -0.1) is 0 Å². The van der Waals surface area contributed by atoms with E-state index in [1.807, 2.05) is 6.07 Å². The highest BCUT2D eigenvalue weighted by Crippen LogP contribution is 2.16. The topological polar surface area (TPSA) is 64.1 Å². The number of para-hydroxylation sites is 1. The Balaban J connectivity index is 1.74. The third kappa shape index (κ3) is 2.72. The number of aromatic nitrogens is 2. The van der Waals surface area contributed by atoms with Crippen molar-refractivity contribution in [1.82, 2.24) is 9.97 Å². The van der Waals surface area contributed by atoms with Gasteiger partial charge in [0.25, 0.3) is 0 Å². The van der Waals surface area contributed by atoms with E-state index < -0.39 is 6.09 Å². The molecule has 1 amide bonds. The average molecular weight is 265 g/mol. The zero-order chi connectivity index (χ0) is 13.8. The normalized spacial score (nSPS) is 10.2. The molecule has 0 aliphatic carbocycles. The summed E-state index contributed by atoms with van der Waals surface area (Å²) in [5.74, 6) is 0.491. The van der Waals surface area contributed by atoms with Crippen LogP contribution in [0.2, 0.25) is 0 Å². The molecule has 2 aromatic carbocycles. The Hall–Kier alpha value is -2.95. The molecule has 1 N–H and O–H groups in total. The predicted octanol–water partition coefficient (Wildman–Crippen LogP) is 3.24. The lowest BCUT2D eigenvalue weighted by Gasteiger charge is -2.06. The van der Waals surface area contributed by atoms with Crippen LogP contribution in [0.5, 0.6) is 5.75 Å². The number of anilines is 1. The maximum absolute atomic E-state index is 11.7. The first-order valence-electron chi connectivity index (χ1n) is 6.06. The molecule has 0 aliphatic heterocycles. The Morgan fingerprint density at radius 2 is 1.70 bits per heavy atom. The van der Waals surface area contributed by atoms with Crippen LogP contribution in [-0.2, 0) is 0 Å². The van der Waals surface area contributed by atoms with Crippen LogP contribution in [0.4, 0.5) is 10.5 Å². The summed E-state index contributed by atoms with van der Waals surface area (Å²) in [6, 6.07) is 14.2. The highest BCUT2D eigenvalue weighted by Gasteiger charge is 2.05. The number of nitrogens with zero attached hydrogens (tertiary/aromatic N) is 2. The number of carbonyl (C=O) groups excluding carboxylic acids is 1. The largest absolute Gasteiger partial charge is 0.417 e. The highest BCUT2D eigenvalue weighted by molar-refractivity contribution is 5.89. The highest BCUT2D eigenvalue weighted by atomic mass is 16.6. The summed E-state index contributed by atoms with van der Waals surface area (Å²) in [6.45, 7) is 0. The summed E-state index contributed by atoms with van der Waals surface area (Å²) in [5.41, 5.74) is 2.10. The molecule has 5 heteroatoms. The number of nitrogens with one attached hydrogen (secondary N) is 1. The van der Waals surface area contributed by atoms with Gasteiger partial charge < -0.3 is 4.74 Å². The number of benzene rings is 2. The fourth-order valence-electron chi connectivity index (χ4n) is 1.78. The lowest BCUT2D eigenvalue weighted by Crippen LogP contribution is -2.16. The van der Waals surface area contributed by atoms with E-state index >= 15 is 0 Å². The molecule has 1 aromatic heterocycles. The van der Waals surface area contributed by atoms with Crippen LogP contribution in [-0.4, -0.2) is 16.1 Å². The second-order valence-corrected chi connectivity index (χ2v) is 4.09. The lowest BCUT2D eigenvalue weighted by molar-refractivity contribution is 0.215. The minimum Gasteiger partial charge on any atom is -0.410 e. The van der Waals surface area contributed by atoms with Crippen molar-refractivity contribution >= 4 is 22.8 Å². The van der Waals surface area contributed by atoms with E-state index in [9.17, 15) is 4.79 Å². The molecule has 0 spiro atoms. The van der Waals surface area contributed by atoms with Gasteiger partial charge in [-0.05, 0) is 30.3 Å². The van der Waals surface area contributed by atoms with Gasteiger partial charge >= 0.3 is 6.09 Å². The van der Waals surface area contributed by atoms with Gasteiger partial charge in [-0.3, -0.25) is 15.3 Å². The SMILES string of the molecule is O=C(Nc1ccc2nccnc2c1)Oc1ccccc1. The van der Waals surface area contributed by atoms with Gasteiger partial charge in [0.05, 0.1) is 11.0 Å². The van der Waals surface area contributed by atoms with Gasteiger partial charge in [-0.1, -0.05) is 18.2 Å². The van der Waals surface area contributed by atoms with Crippen LogP contribution in [0.15, 0.2) is 60.9 Å². The zero-order valence-corrected chi connectivity index (χ0v) is 10.5. The third-order valence-corrected chi connectivity index (χ3v) is 2.67. The Kier molecular flexibility index (Phi) is 3.24. The van der Waals surface area contributed by atoms with E-state index in [4.69, 9.17) is 4.74 Å². The van der Waals surface area contributed by atoms with Crippen molar-refractivity contribution < 1.29 is 9.53 Å². The molecule has 0 radical (unpaired) electrons. The Morgan fingerprint density at radius 3 is 2.50 bits per heavy atom. The fourth-order valence-corrected chi connectivity index (χ4v) is 1.78. The second-order valence-electron chi connectivity index (χ2n) is 4.09. The summed E-state index contributed by atoms with van der Waals surface area (Å²) >= 11 is 0. The number of amides is 1. The van der Waals surface area contributed by atoms with Crippen LogP contribution in [0.1, 0.15) is 0 Å². The summed E-state index contributed by atoms with van der Waals surface area (Å²) in [4.78, 5) is 20.1. The molecule has 0 fully saturated rings. The molecular formula is C15H11N3O2. The first-order valence-corrected chi connectivity index (χ1v) is 6.06. The van der Waals surface area contributed by atoms with Crippen molar-refractivity contribution in [3.63, 3.8) is 0 Å². The van der Waals surface area contributed by atoms with Crippen LogP contribution in [0.3, 0.4) is 0 Å². The van der Waals surface area contributed by atoms with E-state index in [0.29, 0.717) is 17.0 Å². The van der Waals surface area contributed by atoms with Crippen molar-refractivity contribution in [2.24, 2.45) is 0 Å². The van der Waals surface area contributed by atoms with Crippen molar-refractivity contribution in [1.29, 1.82) is 0 Å². The quantitative estimate of drug-likeness (QED) is 0.772. The molecular weight excluding hydrogens is 254 g/mol. The average Bonchev–Trinajstić information content (AvgIpc) is 2.48. The molecule has 1 heterocycles. The first-order chi connectivity index (χ1) is 9.81. The molecule has 0 unspecified atom stereocenters. The number of fused-ring (bicyclic) bond motifs is 1. The summed E-state index contributed by atoms with van der Waals surface area (Å²) < 4.78 is 5.14. The predicted molar refractivity (Wildman–Crippen MR) is 75.6 cm³/mol. The first kappa shape index (κ1) is 12.1. The molecule has 0 bridgehead atoms. The fraction of sp³-hybridized carbons (Fsp3) is 0. The minimum atomic E-state index is -0.542. The number of ether oxygens (including phenoxy) is 1. The summed E-state index contributed by atoms with van der Waals surface area (Å²) in [7, 11) is 0. The Morgan fingerprint density at radius 1 is 0.950 bits per heavy atom. The smallest absolute Gasteiger partial charge is 0.410 e. The molecule has 5 nitrogen and oxygen atoms in total. The Bertz CT molecular complexity index is 744. The number of hydrogen-bond donors (Lipinski definition) is 1. The maximum atomic E-state index is 11.7. The van der Waals surface area contributed by atoms with E-state index in [2.05, 4.69) is 15.3 Å². The van der Waals surface area contributed by atoms with Gasteiger partial charge in [0, 0.05) is 18.1 Å². The van der Waals surface area contributed by atoms with E-state index in [-0.39, 0.29) is 0 Å². The molecule has 0 atom stereocenters. The number of hydrogen-bond acceptors (Lipinski definition) is 4. The molecule has 20 heavy (non-hydrogen) atoms. The van der Waals surface area contributed by atoms with Crippen LogP contribution in [0, 0.1) is 0 Å². The molecule has 3 rings (SSSR count). The van der Waals surface area contributed by atoms with Gasteiger partial charge in [0.15, 0.2) is 0 Å². The van der Waals surface area contributed by atoms with Crippen molar-refractivity contribution in [2.45, 2.75) is 0 Å². The van der Waals surface area contributed by atoms with E-state index in [1.54, 1.807) is 54.9 Å². The monoisotopic (exact) mass is 265 g/mol. The second kappa shape index (κ2) is 5.36. The van der Waals surface area contributed by atoms with Gasteiger partial charge in [0.1, 0.15) is 5.75 Å². The standard InChI is InChI=1S/C15H11N3O2/c19-15(20-12-4-2-1-3-5-12)18-11-6-7-13-14(10-11)17-9-8-16-13/h1-10H,(H,18,19). The molecule has 0 saturated carbocycles. The lowest BCUT2D eigenvalue weighted by atomic mass is 10.2. The zero-order valence-electron chi connectivity index (χ0n) is 10.5. The van der Waals surface area contributed by atoms with Crippen LogP contribution < -0.4 is 10.1 Å². The number of carbonyl (C=O) groups is 1.